The SMILES string of the molecule is CC[C@@H](C)NS(=O)(=O)c1ccc(C(=O)NC2CCCC2)cc1. The van der Waals surface area contributed by atoms with Crippen molar-refractivity contribution < 1.29 is 13.2 Å². The number of rotatable bonds is 6. The predicted octanol–water partition coefficient (Wildman–Crippen LogP) is 2.44. The van der Waals surface area contributed by atoms with E-state index in [0.717, 1.165) is 32.1 Å². The molecule has 1 saturated carbocycles. The topological polar surface area (TPSA) is 75.3 Å². The Morgan fingerprint density at radius 2 is 1.82 bits per heavy atom. The largest absolute Gasteiger partial charge is 0.349 e. The third-order valence-electron chi connectivity index (χ3n) is 4.09. The van der Waals surface area contributed by atoms with Crippen LogP contribution in [-0.4, -0.2) is 26.4 Å². The minimum Gasteiger partial charge on any atom is -0.349 e. The molecule has 0 heterocycles. The maximum absolute atomic E-state index is 12.1. The molecule has 2 N–H and O–H groups in total. The summed E-state index contributed by atoms with van der Waals surface area (Å²) in [6, 6.07) is 6.23. The molecular formula is C16H24N2O3S. The van der Waals surface area contributed by atoms with Gasteiger partial charge in [-0.15, -0.1) is 0 Å². The monoisotopic (exact) mass is 324 g/mol. The molecule has 1 fully saturated rings. The molecule has 2 rings (SSSR count). The molecule has 5 nitrogen and oxygen atoms in total. The summed E-state index contributed by atoms with van der Waals surface area (Å²) in [6.45, 7) is 3.74. The van der Waals surface area contributed by atoms with Crippen molar-refractivity contribution in [2.75, 3.05) is 0 Å². The third kappa shape index (κ3) is 4.30. The molecule has 22 heavy (non-hydrogen) atoms. The van der Waals surface area contributed by atoms with Crippen LogP contribution in [0.25, 0.3) is 0 Å². The van der Waals surface area contributed by atoms with Gasteiger partial charge in [0.15, 0.2) is 0 Å². The molecule has 1 aromatic carbocycles. The number of benzene rings is 1. The number of carbonyl (C=O) groups is 1. The average molecular weight is 324 g/mol. The van der Waals surface area contributed by atoms with Gasteiger partial charge in [0.2, 0.25) is 10.0 Å². The molecule has 0 radical (unpaired) electrons. The van der Waals surface area contributed by atoms with Crippen molar-refractivity contribution in [1.82, 2.24) is 10.0 Å². The van der Waals surface area contributed by atoms with Crippen LogP contribution >= 0.6 is 0 Å². The number of nitrogens with one attached hydrogen (secondary N) is 2. The van der Waals surface area contributed by atoms with E-state index in [4.69, 9.17) is 0 Å². The lowest BCUT2D eigenvalue weighted by Gasteiger charge is -2.13. The Bertz CT molecular complexity index is 605. The maximum atomic E-state index is 12.1. The van der Waals surface area contributed by atoms with Gasteiger partial charge in [-0.25, -0.2) is 13.1 Å². The summed E-state index contributed by atoms with van der Waals surface area (Å²) in [5.41, 5.74) is 0.495. The molecule has 0 bridgehead atoms. The molecule has 1 aromatic rings. The molecule has 6 heteroatoms. The molecule has 1 aliphatic carbocycles. The van der Waals surface area contributed by atoms with Gasteiger partial charge in [0, 0.05) is 17.6 Å². The van der Waals surface area contributed by atoms with Crippen molar-refractivity contribution in [2.24, 2.45) is 0 Å². The van der Waals surface area contributed by atoms with E-state index in [1.807, 2.05) is 13.8 Å². The van der Waals surface area contributed by atoms with Gasteiger partial charge in [-0.05, 0) is 50.5 Å². The lowest BCUT2D eigenvalue weighted by molar-refractivity contribution is 0.0938. The predicted molar refractivity (Wildman–Crippen MR) is 86.2 cm³/mol. The first-order chi connectivity index (χ1) is 10.4. The summed E-state index contributed by atoms with van der Waals surface area (Å²) in [7, 11) is -3.52. The highest BCUT2D eigenvalue weighted by molar-refractivity contribution is 7.89. The van der Waals surface area contributed by atoms with Crippen LogP contribution in [0.15, 0.2) is 29.2 Å². The second kappa shape index (κ2) is 7.24. The first-order valence-electron chi connectivity index (χ1n) is 7.85. The number of hydrogen-bond acceptors (Lipinski definition) is 3. The quantitative estimate of drug-likeness (QED) is 0.844. The van der Waals surface area contributed by atoms with E-state index >= 15 is 0 Å². The minimum atomic E-state index is -3.52. The number of sulfonamides is 1. The van der Waals surface area contributed by atoms with E-state index in [9.17, 15) is 13.2 Å². The molecule has 1 aliphatic rings. The van der Waals surface area contributed by atoms with Crippen LogP contribution in [0.1, 0.15) is 56.3 Å². The highest BCUT2D eigenvalue weighted by atomic mass is 32.2. The van der Waals surface area contributed by atoms with Crippen molar-refractivity contribution in [3.8, 4) is 0 Å². The molecule has 1 amide bonds. The fraction of sp³-hybridized carbons (Fsp3) is 0.562. The van der Waals surface area contributed by atoms with Crippen LogP contribution in [0.3, 0.4) is 0 Å². The highest BCUT2D eigenvalue weighted by Crippen LogP contribution is 2.18. The standard InChI is InChI=1S/C16H24N2O3S/c1-3-12(2)18-22(20,21)15-10-8-13(9-11-15)16(19)17-14-6-4-5-7-14/h8-12,14,18H,3-7H2,1-2H3,(H,17,19)/t12-/m1/s1. The second-order valence-electron chi connectivity index (χ2n) is 5.91. The molecule has 0 aliphatic heterocycles. The second-order valence-corrected chi connectivity index (χ2v) is 7.62. The van der Waals surface area contributed by atoms with Crippen molar-refractivity contribution in [2.45, 2.75) is 62.9 Å². The van der Waals surface area contributed by atoms with Gasteiger partial charge < -0.3 is 5.32 Å². The van der Waals surface area contributed by atoms with E-state index in [0.29, 0.717) is 5.56 Å². The van der Waals surface area contributed by atoms with Gasteiger partial charge in [0.1, 0.15) is 0 Å². The fourth-order valence-electron chi connectivity index (χ4n) is 2.54. The number of amides is 1. The summed E-state index contributed by atoms with van der Waals surface area (Å²) in [6.07, 6.45) is 5.09. The fourth-order valence-corrected chi connectivity index (χ4v) is 3.87. The van der Waals surface area contributed by atoms with E-state index < -0.39 is 10.0 Å². The van der Waals surface area contributed by atoms with Gasteiger partial charge in [0.25, 0.3) is 5.91 Å². The third-order valence-corrected chi connectivity index (χ3v) is 5.69. The summed E-state index contributed by atoms with van der Waals surface area (Å²) in [5, 5.41) is 2.99. The van der Waals surface area contributed by atoms with Crippen molar-refractivity contribution in [3.63, 3.8) is 0 Å². The van der Waals surface area contributed by atoms with Crippen molar-refractivity contribution >= 4 is 15.9 Å². The average Bonchev–Trinajstić information content (AvgIpc) is 2.99. The molecule has 122 valence electrons. The summed E-state index contributed by atoms with van der Waals surface area (Å²) in [4.78, 5) is 12.3. The Morgan fingerprint density at radius 3 is 2.36 bits per heavy atom. The summed E-state index contributed by atoms with van der Waals surface area (Å²) in [5.74, 6) is -0.134. The van der Waals surface area contributed by atoms with E-state index in [2.05, 4.69) is 10.0 Å². The zero-order chi connectivity index (χ0) is 16.2. The molecule has 0 aromatic heterocycles. The van der Waals surface area contributed by atoms with Crippen LogP contribution in [0, 0.1) is 0 Å². The van der Waals surface area contributed by atoms with Crippen LogP contribution in [0.4, 0.5) is 0 Å². The Morgan fingerprint density at radius 1 is 1.23 bits per heavy atom. The molecule has 1 atom stereocenters. The Balaban J connectivity index is 2.04. The van der Waals surface area contributed by atoms with Crippen LogP contribution in [0.2, 0.25) is 0 Å². The van der Waals surface area contributed by atoms with Gasteiger partial charge in [0.05, 0.1) is 4.90 Å². The number of carbonyl (C=O) groups excluding carboxylic acids is 1. The zero-order valence-corrected chi connectivity index (χ0v) is 13.9. The van der Waals surface area contributed by atoms with Crippen LogP contribution in [-0.2, 0) is 10.0 Å². The lowest BCUT2D eigenvalue weighted by Crippen LogP contribution is -2.33. The van der Waals surface area contributed by atoms with E-state index in [1.165, 1.54) is 12.1 Å². The summed E-state index contributed by atoms with van der Waals surface area (Å²) >= 11 is 0. The van der Waals surface area contributed by atoms with E-state index in [-0.39, 0.29) is 22.9 Å². The van der Waals surface area contributed by atoms with Gasteiger partial charge >= 0.3 is 0 Å². The smallest absolute Gasteiger partial charge is 0.251 e. The Labute approximate surface area is 132 Å². The van der Waals surface area contributed by atoms with Crippen molar-refractivity contribution in [3.05, 3.63) is 29.8 Å². The van der Waals surface area contributed by atoms with Crippen molar-refractivity contribution in [1.29, 1.82) is 0 Å². The van der Waals surface area contributed by atoms with Gasteiger partial charge in [-0.3, -0.25) is 4.79 Å². The molecular weight excluding hydrogens is 300 g/mol. The van der Waals surface area contributed by atoms with Crippen LogP contribution in [0.5, 0.6) is 0 Å². The molecule has 0 saturated heterocycles. The van der Waals surface area contributed by atoms with E-state index in [1.54, 1.807) is 12.1 Å². The Kier molecular flexibility index (Phi) is 5.58. The molecule has 0 spiro atoms. The maximum Gasteiger partial charge on any atom is 0.251 e. The minimum absolute atomic E-state index is 0.115. The number of hydrogen-bond donors (Lipinski definition) is 2. The summed E-state index contributed by atoms with van der Waals surface area (Å²) < 4.78 is 26.9. The van der Waals surface area contributed by atoms with Gasteiger partial charge in [-0.2, -0.15) is 0 Å². The highest BCUT2D eigenvalue weighted by Gasteiger charge is 2.19. The first-order valence-corrected chi connectivity index (χ1v) is 9.34. The molecule has 0 unspecified atom stereocenters. The zero-order valence-electron chi connectivity index (χ0n) is 13.1. The first kappa shape index (κ1) is 17.0. The van der Waals surface area contributed by atoms with Gasteiger partial charge in [-0.1, -0.05) is 19.8 Å². The lowest BCUT2D eigenvalue weighted by atomic mass is 10.2. The normalized spacial score (nSPS) is 17.4. The Hall–Kier alpha value is -1.40. The van der Waals surface area contributed by atoms with Crippen LogP contribution < -0.4 is 10.0 Å².